The molecule has 9 heteroatoms. The lowest BCUT2D eigenvalue weighted by atomic mass is 10.1. The standard InChI is InChI=1S/C26H25NO7S/c1-18-4-11-22(12-5-18)35(30,31)27(2)21-9-6-19(7-10-21)26(29)34-17-23(28)20-8-13-24-25(16-20)33-15-3-14-32-24/h4-13,16H,3,14-15,17H2,1-2H3. The molecule has 182 valence electrons. The topological polar surface area (TPSA) is 99.2 Å². The third-order valence-electron chi connectivity index (χ3n) is 5.55. The van der Waals surface area contributed by atoms with Crippen LogP contribution in [0, 0.1) is 6.92 Å². The van der Waals surface area contributed by atoms with Crippen molar-refractivity contribution in [3.05, 3.63) is 83.4 Å². The molecule has 35 heavy (non-hydrogen) atoms. The Hall–Kier alpha value is -3.85. The number of hydrogen-bond acceptors (Lipinski definition) is 7. The van der Waals surface area contributed by atoms with E-state index in [9.17, 15) is 18.0 Å². The molecule has 0 aliphatic carbocycles. The molecular formula is C26H25NO7S. The van der Waals surface area contributed by atoms with Crippen LogP contribution in [-0.4, -0.2) is 47.0 Å². The number of ether oxygens (including phenoxy) is 3. The van der Waals surface area contributed by atoms with Gasteiger partial charge in [-0.25, -0.2) is 13.2 Å². The second-order valence-electron chi connectivity index (χ2n) is 8.04. The number of ketones is 1. The largest absolute Gasteiger partial charge is 0.490 e. The first-order valence-corrected chi connectivity index (χ1v) is 12.5. The zero-order valence-electron chi connectivity index (χ0n) is 19.4. The number of rotatable bonds is 7. The third-order valence-corrected chi connectivity index (χ3v) is 7.35. The van der Waals surface area contributed by atoms with Gasteiger partial charge in [0.1, 0.15) is 0 Å². The van der Waals surface area contributed by atoms with Crippen molar-refractivity contribution in [1.29, 1.82) is 0 Å². The molecule has 0 fully saturated rings. The molecule has 3 aromatic rings. The monoisotopic (exact) mass is 495 g/mol. The number of carbonyl (C=O) groups excluding carboxylic acids is 2. The summed E-state index contributed by atoms with van der Waals surface area (Å²) >= 11 is 0. The number of Topliss-reactive ketones (excluding diaryl/α,β-unsaturated/α-hetero) is 1. The quantitative estimate of drug-likeness (QED) is 0.361. The summed E-state index contributed by atoms with van der Waals surface area (Å²) in [5.41, 5.74) is 1.88. The summed E-state index contributed by atoms with van der Waals surface area (Å²) < 4.78 is 43.2. The SMILES string of the molecule is Cc1ccc(S(=O)(=O)N(C)c2ccc(C(=O)OCC(=O)c3ccc4c(c3)OCCCO4)cc2)cc1. The molecular weight excluding hydrogens is 470 g/mol. The number of anilines is 1. The lowest BCUT2D eigenvalue weighted by molar-refractivity contribution is 0.0474. The number of carbonyl (C=O) groups is 2. The fourth-order valence-corrected chi connectivity index (χ4v) is 4.64. The fourth-order valence-electron chi connectivity index (χ4n) is 3.45. The van der Waals surface area contributed by atoms with Gasteiger partial charge in [-0.1, -0.05) is 17.7 Å². The molecule has 0 bridgehead atoms. The molecule has 3 aromatic carbocycles. The van der Waals surface area contributed by atoms with Crippen LogP contribution in [0.4, 0.5) is 5.69 Å². The lowest BCUT2D eigenvalue weighted by Gasteiger charge is -2.19. The van der Waals surface area contributed by atoms with Gasteiger partial charge in [-0.3, -0.25) is 9.10 Å². The van der Waals surface area contributed by atoms with E-state index in [1.807, 2.05) is 6.92 Å². The smallest absolute Gasteiger partial charge is 0.338 e. The zero-order chi connectivity index (χ0) is 25.0. The summed E-state index contributed by atoms with van der Waals surface area (Å²) in [6.45, 7) is 2.48. The first-order valence-electron chi connectivity index (χ1n) is 11.0. The van der Waals surface area contributed by atoms with E-state index in [1.54, 1.807) is 42.5 Å². The van der Waals surface area contributed by atoms with Crippen LogP contribution in [0.1, 0.15) is 32.7 Å². The van der Waals surface area contributed by atoms with Crippen molar-refractivity contribution in [3.8, 4) is 11.5 Å². The third kappa shape index (κ3) is 5.46. The minimum atomic E-state index is -3.75. The maximum absolute atomic E-state index is 12.9. The minimum Gasteiger partial charge on any atom is -0.490 e. The van der Waals surface area contributed by atoms with Crippen molar-refractivity contribution in [2.24, 2.45) is 0 Å². The van der Waals surface area contributed by atoms with E-state index in [4.69, 9.17) is 14.2 Å². The number of sulfonamides is 1. The van der Waals surface area contributed by atoms with Gasteiger partial charge in [-0.15, -0.1) is 0 Å². The maximum atomic E-state index is 12.9. The minimum absolute atomic E-state index is 0.169. The Morgan fingerprint density at radius 3 is 2.20 bits per heavy atom. The predicted molar refractivity (Wildman–Crippen MR) is 130 cm³/mol. The predicted octanol–water partition coefficient (Wildman–Crippen LogP) is 4.02. The summed E-state index contributed by atoms with van der Waals surface area (Å²) in [6, 6.07) is 17.3. The maximum Gasteiger partial charge on any atom is 0.338 e. The fraction of sp³-hybridized carbons (Fsp3) is 0.231. The van der Waals surface area contributed by atoms with Crippen molar-refractivity contribution >= 4 is 27.5 Å². The van der Waals surface area contributed by atoms with Gasteiger partial charge < -0.3 is 14.2 Å². The first kappa shape index (κ1) is 24.3. The van der Waals surface area contributed by atoms with Gasteiger partial charge in [0.05, 0.1) is 29.4 Å². The molecule has 1 aliphatic rings. The summed E-state index contributed by atoms with van der Waals surface area (Å²) in [5.74, 6) is -0.0108. The summed E-state index contributed by atoms with van der Waals surface area (Å²) in [7, 11) is -2.31. The van der Waals surface area contributed by atoms with Crippen molar-refractivity contribution in [2.45, 2.75) is 18.2 Å². The van der Waals surface area contributed by atoms with Crippen molar-refractivity contribution in [1.82, 2.24) is 0 Å². The summed E-state index contributed by atoms with van der Waals surface area (Å²) in [4.78, 5) is 25.1. The van der Waals surface area contributed by atoms with Gasteiger partial charge in [-0.2, -0.15) is 0 Å². The highest BCUT2D eigenvalue weighted by molar-refractivity contribution is 7.92. The van der Waals surface area contributed by atoms with E-state index in [2.05, 4.69) is 0 Å². The van der Waals surface area contributed by atoms with Gasteiger partial charge in [0, 0.05) is 19.0 Å². The number of benzene rings is 3. The molecule has 0 spiro atoms. The Bertz CT molecular complexity index is 1330. The van der Waals surface area contributed by atoms with E-state index in [-0.39, 0.29) is 16.2 Å². The lowest BCUT2D eigenvalue weighted by Crippen LogP contribution is -2.26. The van der Waals surface area contributed by atoms with Crippen LogP contribution in [0.3, 0.4) is 0 Å². The van der Waals surface area contributed by atoms with Gasteiger partial charge in [0.2, 0.25) is 0 Å². The average molecular weight is 496 g/mol. The second kappa shape index (κ2) is 10.2. The van der Waals surface area contributed by atoms with Crippen LogP contribution in [0.5, 0.6) is 11.5 Å². The number of hydrogen-bond donors (Lipinski definition) is 0. The van der Waals surface area contributed by atoms with E-state index >= 15 is 0 Å². The summed E-state index contributed by atoms with van der Waals surface area (Å²) in [6.07, 6.45) is 0.752. The van der Waals surface area contributed by atoms with Crippen molar-refractivity contribution in [3.63, 3.8) is 0 Å². The van der Waals surface area contributed by atoms with Crippen LogP contribution in [0.25, 0.3) is 0 Å². The van der Waals surface area contributed by atoms with Crippen LogP contribution >= 0.6 is 0 Å². The highest BCUT2D eigenvalue weighted by atomic mass is 32.2. The number of aryl methyl sites for hydroxylation is 1. The molecule has 0 N–H and O–H groups in total. The molecule has 1 heterocycles. The molecule has 8 nitrogen and oxygen atoms in total. The Morgan fingerprint density at radius 2 is 1.51 bits per heavy atom. The van der Waals surface area contributed by atoms with Gasteiger partial charge >= 0.3 is 5.97 Å². The Labute approximate surface area is 204 Å². The highest BCUT2D eigenvalue weighted by Crippen LogP contribution is 2.30. The van der Waals surface area contributed by atoms with Gasteiger partial charge in [0.25, 0.3) is 10.0 Å². The van der Waals surface area contributed by atoms with Crippen LogP contribution < -0.4 is 13.8 Å². The molecule has 0 unspecified atom stereocenters. The molecule has 0 amide bonds. The Morgan fingerprint density at radius 1 is 0.886 bits per heavy atom. The van der Waals surface area contributed by atoms with Crippen LogP contribution in [-0.2, 0) is 14.8 Å². The Kier molecular flexibility index (Phi) is 7.07. The van der Waals surface area contributed by atoms with Gasteiger partial charge in [0.15, 0.2) is 23.9 Å². The van der Waals surface area contributed by atoms with E-state index in [1.165, 1.54) is 31.3 Å². The Balaban J connectivity index is 1.39. The normalized spacial score (nSPS) is 13.0. The molecule has 0 aromatic heterocycles. The average Bonchev–Trinajstić information content (AvgIpc) is 3.12. The van der Waals surface area contributed by atoms with E-state index in [0.717, 1.165) is 16.3 Å². The highest BCUT2D eigenvalue weighted by Gasteiger charge is 2.22. The number of fused-ring (bicyclic) bond motifs is 1. The molecule has 1 aliphatic heterocycles. The molecule has 0 atom stereocenters. The molecule has 0 radical (unpaired) electrons. The van der Waals surface area contributed by atoms with E-state index < -0.39 is 22.6 Å². The van der Waals surface area contributed by atoms with Gasteiger partial charge in [-0.05, 0) is 61.5 Å². The molecule has 4 rings (SSSR count). The van der Waals surface area contributed by atoms with Crippen LogP contribution in [0.15, 0.2) is 71.6 Å². The van der Waals surface area contributed by atoms with Crippen molar-refractivity contribution in [2.75, 3.05) is 31.2 Å². The van der Waals surface area contributed by atoms with E-state index in [0.29, 0.717) is 36.0 Å². The van der Waals surface area contributed by atoms with Crippen LogP contribution in [0.2, 0.25) is 0 Å². The van der Waals surface area contributed by atoms with Crippen molar-refractivity contribution < 1.29 is 32.2 Å². The summed E-state index contributed by atoms with van der Waals surface area (Å²) in [5, 5.41) is 0. The molecule has 0 saturated heterocycles. The first-order chi connectivity index (χ1) is 16.8. The number of nitrogens with zero attached hydrogens (tertiary/aromatic N) is 1. The zero-order valence-corrected chi connectivity index (χ0v) is 20.2. The number of esters is 1. The second-order valence-corrected chi connectivity index (χ2v) is 10.0. The molecule has 0 saturated carbocycles.